The minimum atomic E-state index is -0.0843. The molecule has 24 heavy (non-hydrogen) atoms. The molecule has 0 fully saturated rings. The second-order valence-electron chi connectivity index (χ2n) is 5.20. The van der Waals surface area contributed by atoms with Crippen LogP contribution in [-0.2, 0) is 6.54 Å². The number of carbonyl (C=O) groups is 1. The van der Waals surface area contributed by atoms with E-state index in [1.807, 2.05) is 54.8 Å². The van der Waals surface area contributed by atoms with Gasteiger partial charge in [-0.05, 0) is 54.3 Å². The van der Waals surface area contributed by atoms with Gasteiger partial charge < -0.3 is 5.32 Å². The normalized spacial score (nSPS) is 10.4. The Morgan fingerprint density at radius 1 is 1.08 bits per heavy atom. The maximum atomic E-state index is 12.2. The first-order valence-corrected chi connectivity index (χ1v) is 8.76. The molecule has 1 N–H and O–H groups in total. The maximum Gasteiger partial charge on any atom is 0.251 e. The van der Waals surface area contributed by atoms with Crippen LogP contribution in [0.1, 0.15) is 15.9 Å². The van der Waals surface area contributed by atoms with Crippen molar-refractivity contribution >= 4 is 17.7 Å². The molecule has 0 bridgehead atoms. The quantitative estimate of drug-likeness (QED) is 0.721. The summed E-state index contributed by atoms with van der Waals surface area (Å²) in [6.45, 7) is 0.448. The lowest BCUT2D eigenvalue weighted by Crippen LogP contribution is -2.22. The Hall–Kier alpha value is -2.66. The van der Waals surface area contributed by atoms with Crippen LogP contribution >= 0.6 is 11.8 Å². The van der Waals surface area contributed by atoms with Gasteiger partial charge >= 0.3 is 0 Å². The zero-order valence-corrected chi connectivity index (χ0v) is 14.1. The summed E-state index contributed by atoms with van der Waals surface area (Å²) in [7, 11) is 0. The first-order chi connectivity index (χ1) is 11.8. The zero-order valence-electron chi connectivity index (χ0n) is 13.3. The van der Waals surface area contributed by atoms with E-state index in [0.29, 0.717) is 12.1 Å². The van der Waals surface area contributed by atoms with Gasteiger partial charge in [0.1, 0.15) is 0 Å². The number of benzene rings is 1. The highest BCUT2D eigenvalue weighted by atomic mass is 32.2. The lowest BCUT2D eigenvalue weighted by atomic mass is 10.1. The molecule has 0 spiro atoms. The lowest BCUT2D eigenvalue weighted by molar-refractivity contribution is 0.0951. The topological polar surface area (TPSA) is 54.9 Å². The fourth-order valence-electron chi connectivity index (χ4n) is 2.24. The minimum Gasteiger partial charge on any atom is -0.348 e. The summed E-state index contributed by atoms with van der Waals surface area (Å²) in [5, 5.41) is 2.91. The van der Waals surface area contributed by atoms with Crippen LogP contribution in [0.2, 0.25) is 0 Å². The van der Waals surface area contributed by atoms with Crippen LogP contribution in [0.4, 0.5) is 0 Å². The molecule has 0 saturated carbocycles. The minimum absolute atomic E-state index is 0.0843. The Kier molecular flexibility index (Phi) is 5.23. The standard InChI is InChI=1S/C19H17N3OS/c1-24-17-7-5-15(6-8-17)19(23)22-12-14-4-9-18(21-11-14)16-3-2-10-20-13-16/h2-11,13H,12H2,1H3,(H,22,23). The van der Waals surface area contributed by atoms with Gasteiger partial charge in [0, 0.05) is 41.2 Å². The number of aromatic nitrogens is 2. The van der Waals surface area contributed by atoms with Crippen molar-refractivity contribution in [3.8, 4) is 11.3 Å². The monoisotopic (exact) mass is 335 g/mol. The Labute approximate surface area is 145 Å². The summed E-state index contributed by atoms with van der Waals surface area (Å²) < 4.78 is 0. The summed E-state index contributed by atoms with van der Waals surface area (Å²) >= 11 is 1.65. The predicted molar refractivity (Wildman–Crippen MR) is 96.9 cm³/mol. The molecule has 0 aliphatic carbocycles. The molecule has 3 aromatic rings. The van der Waals surface area contributed by atoms with Gasteiger partial charge in [0.15, 0.2) is 0 Å². The van der Waals surface area contributed by atoms with E-state index in [9.17, 15) is 4.79 Å². The highest BCUT2D eigenvalue weighted by Gasteiger charge is 2.06. The van der Waals surface area contributed by atoms with Crippen LogP contribution in [0.15, 0.2) is 72.0 Å². The fourth-order valence-corrected chi connectivity index (χ4v) is 2.65. The van der Waals surface area contributed by atoms with E-state index in [1.54, 1.807) is 30.4 Å². The number of hydrogen-bond acceptors (Lipinski definition) is 4. The number of nitrogens with one attached hydrogen (secondary N) is 1. The van der Waals surface area contributed by atoms with E-state index >= 15 is 0 Å². The predicted octanol–water partition coefficient (Wildman–Crippen LogP) is 3.80. The third-order valence-electron chi connectivity index (χ3n) is 3.59. The van der Waals surface area contributed by atoms with Gasteiger partial charge in [0.05, 0.1) is 5.69 Å². The second kappa shape index (κ2) is 7.75. The summed E-state index contributed by atoms with van der Waals surface area (Å²) in [4.78, 5) is 21.8. The fraction of sp³-hybridized carbons (Fsp3) is 0.105. The van der Waals surface area contributed by atoms with Gasteiger partial charge in [0.25, 0.3) is 5.91 Å². The van der Waals surface area contributed by atoms with Gasteiger partial charge in [0.2, 0.25) is 0 Å². The van der Waals surface area contributed by atoms with Gasteiger partial charge in [-0.2, -0.15) is 0 Å². The van der Waals surface area contributed by atoms with Crippen LogP contribution in [0.25, 0.3) is 11.3 Å². The molecule has 4 nitrogen and oxygen atoms in total. The van der Waals surface area contributed by atoms with E-state index in [2.05, 4.69) is 15.3 Å². The third kappa shape index (κ3) is 4.00. The molecule has 5 heteroatoms. The summed E-state index contributed by atoms with van der Waals surface area (Å²) in [5.74, 6) is -0.0843. The molecular formula is C19H17N3OS. The van der Waals surface area contributed by atoms with Crippen molar-refractivity contribution in [3.05, 3.63) is 78.2 Å². The molecule has 2 heterocycles. The first-order valence-electron chi connectivity index (χ1n) is 7.54. The highest BCUT2D eigenvalue weighted by Crippen LogP contribution is 2.16. The van der Waals surface area contributed by atoms with Crippen molar-refractivity contribution in [1.29, 1.82) is 0 Å². The average Bonchev–Trinajstić information content (AvgIpc) is 2.67. The van der Waals surface area contributed by atoms with Gasteiger partial charge in [-0.25, -0.2) is 0 Å². The Morgan fingerprint density at radius 3 is 2.54 bits per heavy atom. The van der Waals surface area contributed by atoms with Crippen molar-refractivity contribution in [1.82, 2.24) is 15.3 Å². The maximum absolute atomic E-state index is 12.2. The molecular weight excluding hydrogens is 318 g/mol. The number of thioether (sulfide) groups is 1. The molecule has 3 rings (SSSR count). The molecule has 0 aliphatic heterocycles. The number of amides is 1. The molecule has 2 aromatic heterocycles. The first kappa shape index (κ1) is 16.2. The van der Waals surface area contributed by atoms with Gasteiger partial charge in [-0.3, -0.25) is 14.8 Å². The molecule has 0 radical (unpaired) electrons. The number of rotatable bonds is 5. The van der Waals surface area contributed by atoms with Gasteiger partial charge in [-0.15, -0.1) is 11.8 Å². The van der Waals surface area contributed by atoms with Crippen molar-refractivity contribution in [2.75, 3.05) is 6.26 Å². The molecule has 1 aromatic carbocycles. The summed E-state index contributed by atoms with van der Waals surface area (Å²) in [6, 6.07) is 15.3. The number of carbonyl (C=O) groups excluding carboxylic acids is 1. The van der Waals surface area contributed by atoms with E-state index in [-0.39, 0.29) is 5.91 Å². The van der Waals surface area contributed by atoms with Crippen LogP contribution in [0.3, 0.4) is 0 Å². The third-order valence-corrected chi connectivity index (χ3v) is 4.33. The Balaban J connectivity index is 1.61. The molecule has 0 atom stereocenters. The van der Waals surface area contributed by atoms with E-state index in [1.165, 1.54) is 0 Å². The average molecular weight is 335 g/mol. The lowest BCUT2D eigenvalue weighted by Gasteiger charge is -2.07. The highest BCUT2D eigenvalue weighted by molar-refractivity contribution is 7.98. The van der Waals surface area contributed by atoms with Crippen LogP contribution < -0.4 is 5.32 Å². The van der Waals surface area contributed by atoms with Crippen LogP contribution in [-0.4, -0.2) is 22.1 Å². The molecule has 0 unspecified atom stereocenters. The van der Waals surface area contributed by atoms with Crippen molar-refractivity contribution in [2.24, 2.45) is 0 Å². The van der Waals surface area contributed by atoms with Crippen molar-refractivity contribution in [3.63, 3.8) is 0 Å². The Bertz CT molecular complexity index is 802. The van der Waals surface area contributed by atoms with E-state index < -0.39 is 0 Å². The number of nitrogens with zero attached hydrogens (tertiary/aromatic N) is 2. The Morgan fingerprint density at radius 2 is 1.92 bits per heavy atom. The molecule has 1 amide bonds. The number of hydrogen-bond donors (Lipinski definition) is 1. The summed E-state index contributed by atoms with van der Waals surface area (Å²) in [6.07, 6.45) is 7.30. The smallest absolute Gasteiger partial charge is 0.251 e. The van der Waals surface area contributed by atoms with E-state index in [4.69, 9.17) is 0 Å². The van der Waals surface area contributed by atoms with Crippen LogP contribution in [0, 0.1) is 0 Å². The largest absolute Gasteiger partial charge is 0.348 e. The molecule has 0 aliphatic rings. The van der Waals surface area contributed by atoms with Crippen molar-refractivity contribution < 1.29 is 4.79 Å². The number of pyridine rings is 2. The SMILES string of the molecule is CSc1ccc(C(=O)NCc2ccc(-c3cccnc3)nc2)cc1. The molecule has 120 valence electrons. The van der Waals surface area contributed by atoms with Gasteiger partial charge in [-0.1, -0.05) is 6.07 Å². The van der Waals surface area contributed by atoms with Crippen LogP contribution in [0.5, 0.6) is 0 Å². The van der Waals surface area contributed by atoms with E-state index in [0.717, 1.165) is 21.7 Å². The van der Waals surface area contributed by atoms with Crippen molar-refractivity contribution in [2.45, 2.75) is 11.4 Å². The zero-order chi connectivity index (χ0) is 16.8. The summed E-state index contributed by atoms with van der Waals surface area (Å²) in [5.41, 5.74) is 3.46. The molecule has 0 saturated heterocycles. The second-order valence-corrected chi connectivity index (χ2v) is 6.08.